The van der Waals surface area contributed by atoms with Crippen molar-refractivity contribution in [2.75, 3.05) is 31.9 Å². The molecule has 130 valence electrons. The van der Waals surface area contributed by atoms with Gasteiger partial charge in [0.25, 0.3) is 5.91 Å². The van der Waals surface area contributed by atoms with Crippen LogP contribution in [0.1, 0.15) is 43.6 Å². The van der Waals surface area contributed by atoms with Crippen LogP contribution in [0.3, 0.4) is 0 Å². The highest BCUT2D eigenvalue weighted by Crippen LogP contribution is 2.33. The number of rotatable bonds is 5. The second kappa shape index (κ2) is 7.66. The maximum Gasteiger partial charge on any atom is 0.429 e. The molecule has 3 rings (SSSR count). The molecule has 0 spiro atoms. The number of carbonyl (C=O) groups is 2. The number of benzene rings is 1. The van der Waals surface area contributed by atoms with Gasteiger partial charge in [-0.1, -0.05) is 31.4 Å². The second-order valence-electron chi connectivity index (χ2n) is 6.30. The summed E-state index contributed by atoms with van der Waals surface area (Å²) in [7, 11) is 1.46. The lowest BCUT2D eigenvalue weighted by Crippen LogP contribution is -2.48. The number of hydrogen-bond acceptors (Lipinski definition) is 4. The van der Waals surface area contributed by atoms with Crippen molar-refractivity contribution >= 4 is 17.7 Å². The van der Waals surface area contributed by atoms with Gasteiger partial charge in [0.05, 0.1) is 12.2 Å². The number of hydrazine groups is 1. The molecule has 24 heavy (non-hydrogen) atoms. The average molecular weight is 332 g/mol. The Morgan fingerprint density at radius 1 is 1.25 bits per heavy atom. The van der Waals surface area contributed by atoms with E-state index in [1.165, 1.54) is 54.8 Å². The number of nitrogens with zero attached hydrogens (tertiary/aromatic N) is 2. The van der Waals surface area contributed by atoms with E-state index in [0.29, 0.717) is 18.2 Å². The summed E-state index contributed by atoms with van der Waals surface area (Å²) < 4.78 is 9.92. The van der Waals surface area contributed by atoms with Crippen molar-refractivity contribution in [2.24, 2.45) is 0 Å². The van der Waals surface area contributed by atoms with Crippen LogP contribution in [0.4, 0.5) is 10.5 Å². The SMILES string of the molecule is COCC(=O)N(c1ccc(C2CCCCC2)cc1)N1CCOC1=O. The molecular formula is C18H24N2O4. The van der Waals surface area contributed by atoms with Gasteiger partial charge in [0, 0.05) is 7.11 Å². The molecule has 2 amide bonds. The Morgan fingerprint density at radius 2 is 1.96 bits per heavy atom. The monoisotopic (exact) mass is 332 g/mol. The molecule has 2 aliphatic rings. The van der Waals surface area contributed by atoms with Crippen LogP contribution < -0.4 is 5.01 Å². The first-order chi connectivity index (χ1) is 11.7. The fourth-order valence-corrected chi connectivity index (χ4v) is 3.49. The quantitative estimate of drug-likeness (QED) is 0.831. The summed E-state index contributed by atoms with van der Waals surface area (Å²) in [6, 6.07) is 7.95. The summed E-state index contributed by atoms with van der Waals surface area (Å²) in [5.74, 6) is 0.314. The second-order valence-corrected chi connectivity index (χ2v) is 6.30. The van der Waals surface area contributed by atoms with E-state index in [0.717, 1.165) is 0 Å². The van der Waals surface area contributed by atoms with Crippen molar-refractivity contribution in [3.05, 3.63) is 29.8 Å². The molecular weight excluding hydrogens is 308 g/mol. The first-order valence-electron chi connectivity index (χ1n) is 8.57. The number of anilines is 1. The maximum atomic E-state index is 12.4. The van der Waals surface area contributed by atoms with Crippen LogP contribution in [0.25, 0.3) is 0 Å². The first-order valence-corrected chi connectivity index (χ1v) is 8.57. The maximum absolute atomic E-state index is 12.4. The zero-order valence-corrected chi connectivity index (χ0v) is 14.1. The Kier molecular flexibility index (Phi) is 5.35. The van der Waals surface area contributed by atoms with Crippen LogP contribution in [0.15, 0.2) is 24.3 Å². The van der Waals surface area contributed by atoms with E-state index in [9.17, 15) is 9.59 Å². The van der Waals surface area contributed by atoms with Gasteiger partial charge in [0.15, 0.2) is 0 Å². The highest BCUT2D eigenvalue weighted by atomic mass is 16.6. The summed E-state index contributed by atoms with van der Waals surface area (Å²) in [4.78, 5) is 24.3. The van der Waals surface area contributed by atoms with Gasteiger partial charge in [0.2, 0.25) is 0 Å². The van der Waals surface area contributed by atoms with Crippen LogP contribution in [0.2, 0.25) is 0 Å². The van der Waals surface area contributed by atoms with E-state index < -0.39 is 6.09 Å². The zero-order valence-electron chi connectivity index (χ0n) is 14.1. The molecule has 1 heterocycles. The van der Waals surface area contributed by atoms with Crippen LogP contribution >= 0.6 is 0 Å². The number of ether oxygens (including phenoxy) is 2. The third-order valence-corrected chi connectivity index (χ3v) is 4.70. The van der Waals surface area contributed by atoms with E-state index in [1.54, 1.807) is 0 Å². The molecule has 2 fully saturated rings. The lowest BCUT2D eigenvalue weighted by molar-refractivity contribution is -0.124. The summed E-state index contributed by atoms with van der Waals surface area (Å²) in [6.07, 6.45) is 5.84. The van der Waals surface area contributed by atoms with Gasteiger partial charge in [-0.15, -0.1) is 0 Å². The molecule has 1 aromatic rings. The van der Waals surface area contributed by atoms with Crippen molar-refractivity contribution in [2.45, 2.75) is 38.0 Å². The lowest BCUT2D eigenvalue weighted by atomic mass is 9.84. The fraction of sp³-hybridized carbons (Fsp3) is 0.556. The minimum Gasteiger partial charge on any atom is -0.446 e. The molecule has 1 aromatic carbocycles. The van der Waals surface area contributed by atoms with E-state index in [2.05, 4.69) is 12.1 Å². The van der Waals surface area contributed by atoms with Crippen LogP contribution in [-0.4, -0.2) is 43.9 Å². The Bertz CT molecular complexity index is 581. The predicted octanol–water partition coefficient (Wildman–Crippen LogP) is 3.08. The highest BCUT2D eigenvalue weighted by molar-refractivity contribution is 5.96. The minimum atomic E-state index is -0.504. The molecule has 0 unspecified atom stereocenters. The van der Waals surface area contributed by atoms with Crippen molar-refractivity contribution < 1.29 is 19.1 Å². The van der Waals surface area contributed by atoms with Crippen molar-refractivity contribution in [3.63, 3.8) is 0 Å². The first kappa shape index (κ1) is 16.8. The van der Waals surface area contributed by atoms with E-state index in [-0.39, 0.29) is 19.1 Å². The van der Waals surface area contributed by atoms with Crippen molar-refractivity contribution in [3.8, 4) is 0 Å². The third kappa shape index (κ3) is 3.53. The number of amides is 2. The van der Waals surface area contributed by atoms with Crippen LogP contribution in [0, 0.1) is 0 Å². The standard InChI is InChI=1S/C18H24N2O4/c1-23-13-17(21)20(19-11-12-24-18(19)22)16-9-7-15(8-10-16)14-5-3-2-4-6-14/h7-10,14H,2-6,11-13H2,1H3. The molecule has 0 N–H and O–H groups in total. The zero-order chi connectivity index (χ0) is 16.9. The molecule has 0 bridgehead atoms. The van der Waals surface area contributed by atoms with Crippen LogP contribution in [0.5, 0.6) is 0 Å². The Hall–Kier alpha value is -2.08. The topological polar surface area (TPSA) is 59.1 Å². The lowest BCUT2D eigenvalue weighted by Gasteiger charge is -2.30. The number of carbonyl (C=O) groups excluding carboxylic acids is 2. The number of hydrogen-bond donors (Lipinski definition) is 0. The Balaban J connectivity index is 1.81. The highest BCUT2D eigenvalue weighted by Gasteiger charge is 2.32. The molecule has 1 aliphatic heterocycles. The molecule has 6 nitrogen and oxygen atoms in total. The third-order valence-electron chi connectivity index (χ3n) is 4.70. The summed E-state index contributed by atoms with van der Waals surface area (Å²) in [6.45, 7) is 0.558. The minimum absolute atomic E-state index is 0.0891. The largest absolute Gasteiger partial charge is 0.446 e. The van der Waals surface area contributed by atoms with E-state index in [4.69, 9.17) is 9.47 Å². The molecule has 6 heteroatoms. The van der Waals surface area contributed by atoms with Crippen LogP contribution in [-0.2, 0) is 14.3 Å². The van der Waals surface area contributed by atoms with E-state index >= 15 is 0 Å². The van der Waals surface area contributed by atoms with Gasteiger partial charge in [0.1, 0.15) is 13.2 Å². The van der Waals surface area contributed by atoms with Gasteiger partial charge in [-0.25, -0.2) is 14.8 Å². The van der Waals surface area contributed by atoms with Gasteiger partial charge < -0.3 is 9.47 Å². The van der Waals surface area contributed by atoms with Crippen molar-refractivity contribution in [1.29, 1.82) is 0 Å². The molecule has 0 aromatic heterocycles. The fourth-order valence-electron chi connectivity index (χ4n) is 3.49. The van der Waals surface area contributed by atoms with E-state index in [1.807, 2.05) is 12.1 Å². The average Bonchev–Trinajstić information content (AvgIpc) is 3.03. The molecule has 0 radical (unpaired) electrons. The summed E-state index contributed by atoms with van der Waals surface area (Å²) in [5, 5.41) is 2.69. The summed E-state index contributed by atoms with van der Waals surface area (Å²) >= 11 is 0. The van der Waals surface area contributed by atoms with Gasteiger partial charge >= 0.3 is 6.09 Å². The van der Waals surface area contributed by atoms with Crippen molar-refractivity contribution in [1.82, 2.24) is 5.01 Å². The number of cyclic esters (lactones) is 1. The molecule has 1 saturated carbocycles. The summed E-state index contributed by atoms with van der Waals surface area (Å²) in [5.41, 5.74) is 1.97. The van der Waals surface area contributed by atoms with Gasteiger partial charge in [-0.3, -0.25) is 4.79 Å². The predicted molar refractivity (Wildman–Crippen MR) is 89.7 cm³/mol. The molecule has 0 atom stereocenters. The number of methoxy groups -OCH3 is 1. The Labute approximate surface area is 142 Å². The molecule has 1 aliphatic carbocycles. The van der Waals surface area contributed by atoms with Gasteiger partial charge in [-0.2, -0.15) is 0 Å². The van der Waals surface area contributed by atoms with Gasteiger partial charge in [-0.05, 0) is 36.5 Å². The smallest absolute Gasteiger partial charge is 0.429 e. The normalized spacial score (nSPS) is 18.5. The Morgan fingerprint density at radius 3 is 2.54 bits per heavy atom. The molecule has 1 saturated heterocycles.